The predicted octanol–water partition coefficient (Wildman–Crippen LogP) is 3.78. The quantitative estimate of drug-likeness (QED) is 0.798. The van der Waals surface area contributed by atoms with Gasteiger partial charge in [-0.3, -0.25) is 4.79 Å². The van der Waals surface area contributed by atoms with E-state index in [0.717, 1.165) is 17.7 Å². The smallest absolute Gasteiger partial charge is 0.220 e. The minimum Gasteiger partial charge on any atom is -0.399 e. The number of hydrogen-bond acceptors (Lipinski definition) is 3. The lowest BCUT2D eigenvalue weighted by molar-refractivity contribution is -0.122. The van der Waals surface area contributed by atoms with Crippen molar-refractivity contribution in [2.24, 2.45) is 5.92 Å². The summed E-state index contributed by atoms with van der Waals surface area (Å²) in [7, 11) is 0. The number of anilines is 1. The van der Waals surface area contributed by atoms with Gasteiger partial charge in [0.05, 0.1) is 6.04 Å². The first kappa shape index (κ1) is 15.6. The van der Waals surface area contributed by atoms with Crippen LogP contribution < -0.4 is 11.1 Å². The van der Waals surface area contributed by atoms with Gasteiger partial charge >= 0.3 is 0 Å². The second-order valence-electron chi connectivity index (χ2n) is 5.55. The van der Waals surface area contributed by atoms with Crippen molar-refractivity contribution in [2.45, 2.75) is 32.7 Å². The number of rotatable bonds is 6. The Labute approximate surface area is 130 Å². The molecule has 1 aromatic heterocycles. The predicted molar refractivity (Wildman–Crippen MR) is 89.2 cm³/mol. The molecule has 1 aromatic carbocycles. The molecule has 112 valence electrons. The first-order valence-corrected chi connectivity index (χ1v) is 8.11. The molecule has 2 rings (SSSR count). The summed E-state index contributed by atoms with van der Waals surface area (Å²) in [4.78, 5) is 13.4. The summed E-state index contributed by atoms with van der Waals surface area (Å²) in [6.07, 6.45) is 1.24. The zero-order valence-corrected chi connectivity index (χ0v) is 13.3. The van der Waals surface area contributed by atoms with Gasteiger partial charge in [0, 0.05) is 17.0 Å². The SMILES string of the molecule is CC(C)C(NC(=O)CCc1ccc(N)cc1)c1cccs1. The van der Waals surface area contributed by atoms with Crippen molar-refractivity contribution in [1.82, 2.24) is 5.32 Å². The third kappa shape index (κ3) is 4.60. The van der Waals surface area contributed by atoms with E-state index >= 15 is 0 Å². The van der Waals surface area contributed by atoms with E-state index in [-0.39, 0.29) is 11.9 Å². The molecule has 1 atom stereocenters. The van der Waals surface area contributed by atoms with Crippen LogP contribution in [0, 0.1) is 5.92 Å². The summed E-state index contributed by atoms with van der Waals surface area (Å²) in [6, 6.07) is 11.9. The van der Waals surface area contributed by atoms with E-state index < -0.39 is 0 Å². The molecular weight excluding hydrogens is 280 g/mol. The van der Waals surface area contributed by atoms with Crippen LogP contribution in [-0.4, -0.2) is 5.91 Å². The van der Waals surface area contributed by atoms with Gasteiger partial charge in [0.15, 0.2) is 0 Å². The van der Waals surface area contributed by atoms with Crippen molar-refractivity contribution in [3.05, 3.63) is 52.2 Å². The maximum absolute atomic E-state index is 12.2. The van der Waals surface area contributed by atoms with Gasteiger partial charge in [-0.05, 0) is 41.5 Å². The van der Waals surface area contributed by atoms with Crippen molar-refractivity contribution < 1.29 is 4.79 Å². The maximum atomic E-state index is 12.2. The van der Waals surface area contributed by atoms with Crippen LogP contribution in [0.3, 0.4) is 0 Å². The minimum atomic E-state index is 0.0962. The van der Waals surface area contributed by atoms with Gasteiger partial charge in [-0.2, -0.15) is 0 Å². The molecule has 0 aliphatic rings. The van der Waals surface area contributed by atoms with E-state index in [9.17, 15) is 4.79 Å². The molecule has 0 saturated heterocycles. The van der Waals surface area contributed by atoms with E-state index in [1.54, 1.807) is 11.3 Å². The zero-order valence-electron chi connectivity index (χ0n) is 12.5. The standard InChI is InChI=1S/C17H22N2OS/c1-12(2)17(15-4-3-11-21-15)19-16(20)10-7-13-5-8-14(18)9-6-13/h3-6,8-9,11-12,17H,7,10,18H2,1-2H3,(H,19,20). The average Bonchev–Trinajstić information content (AvgIpc) is 2.97. The molecule has 1 amide bonds. The topological polar surface area (TPSA) is 55.1 Å². The zero-order chi connectivity index (χ0) is 15.2. The van der Waals surface area contributed by atoms with Gasteiger partial charge in [-0.1, -0.05) is 32.0 Å². The second-order valence-corrected chi connectivity index (χ2v) is 6.53. The molecule has 3 nitrogen and oxygen atoms in total. The second kappa shape index (κ2) is 7.27. The summed E-state index contributed by atoms with van der Waals surface area (Å²) in [6.45, 7) is 4.26. The maximum Gasteiger partial charge on any atom is 0.220 e. The van der Waals surface area contributed by atoms with E-state index in [4.69, 9.17) is 5.73 Å². The monoisotopic (exact) mass is 302 g/mol. The molecule has 0 radical (unpaired) electrons. The Kier molecular flexibility index (Phi) is 5.39. The van der Waals surface area contributed by atoms with Crippen molar-refractivity contribution in [3.63, 3.8) is 0 Å². The summed E-state index contributed by atoms with van der Waals surface area (Å²) >= 11 is 1.69. The average molecular weight is 302 g/mol. The van der Waals surface area contributed by atoms with Gasteiger partial charge in [0.1, 0.15) is 0 Å². The highest BCUT2D eigenvalue weighted by atomic mass is 32.1. The summed E-state index contributed by atoms with van der Waals surface area (Å²) in [5.74, 6) is 0.475. The number of amides is 1. The molecule has 1 heterocycles. The number of hydrogen-bond donors (Lipinski definition) is 2. The molecule has 0 spiro atoms. The third-order valence-electron chi connectivity index (χ3n) is 3.45. The lowest BCUT2D eigenvalue weighted by atomic mass is 10.0. The summed E-state index contributed by atoms with van der Waals surface area (Å²) in [5, 5.41) is 5.19. The van der Waals surface area contributed by atoms with Crippen LogP contribution in [-0.2, 0) is 11.2 Å². The minimum absolute atomic E-state index is 0.0962. The third-order valence-corrected chi connectivity index (χ3v) is 4.41. The number of aryl methyl sites for hydroxylation is 1. The molecule has 2 aromatic rings. The van der Waals surface area contributed by atoms with Crippen molar-refractivity contribution >= 4 is 22.9 Å². The Balaban J connectivity index is 1.89. The molecule has 0 saturated carbocycles. The van der Waals surface area contributed by atoms with Gasteiger partial charge in [-0.25, -0.2) is 0 Å². The van der Waals surface area contributed by atoms with E-state index in [1.807, 2.05) is 35.7 Å². The van der Waals surface area contributed by atoms with Crippen molar-refractivity contribution in [2.75, 3.05) is 5.73 Å². The highest BCUT2D eigenvalue weighted by Gasteiger charge is 2.18. The van der Waals surface area contributed by atoms with Gasteiger partial charge in [-0.15, -0.1) is 11.3 Å². The number of thiophene rings is 1. The number of nitrogens with one attached hydrogen (secondary N) is 1. The van der Waals surface area contributed by atoms with Gasteiger partial charge in [0.25, 0.3) is 0 Å². The molecule has 4 heteroatoms. The first-order chi connectivity index (χ1) is 10.1. The van der Waals surface area contributed by atoms with Crippen LogP contribution in [0.5, 0.6) is 0 Å². The van der Waals surface area contributed by atoms with Crippen LogP contribution in [0.1, 0.15) is 36.8 Å². The fourth-order valence-corrected chi connectivity index (χ4v) is 3.17. The number of nitrogen functional groups attached to an aromatic ring is 1. The Morgan fingerprint density at radius 2 is 1.95 bits per heavy atom. The van der Waals surface area contributed by atoms with Crippen LogP contribution in [0.2, 0.25) is 0 Å². The number of carbonyl (C=O) groups excluding carboxylic acids is 1. The fraction of sp³-hybridized carbons (Fsp3) is 0.353. The molecule has 0 aliphatic heterocycles. The molecule has 1 unspecified atom stereocenters. The van der Waals surface area contributed by atoms with Crippen LogP contribution >= 0.6 is 11.3 Å². The molecule has 0 fully saturated rings. The molecule has 21 heavy (non-hydrogen) atoms. The molecular formula is C17H22N2OS. The molecule has 3 N–H and O–H groups in total. The van der Waals surface area contributed by atoms with E-state index in [1.165, 1.54) is 4.88 Å². The Hall–Kier alpha value is -1.81. The van der Waals surface area contributed by atoms with E-state index in [0.29, 0.717) is 12.3 Å². The highest BCUT2D eigenvalue weighted by Crippen LogP contribution is 2.25. The number of nitrogens with two attached hydrogens (primary N) is 1. The van der Waals surface area contributed by atoms with Crippen LogP contribution in [0.4, 0.5) is 5.69 Å². The van der Waals surface area contributed by atoms with Gasteiger partial charge < -0.3 is 11.1 Å². The van der Waals surface area contributed by atoms with Crippen LogP contribution in [0.25, 0.3) is 0 Å². The number of carbonyl (C=O) groups is 1. The normalized spacial score (nSPS) is 12.3. The largest absolute Gasteiger partial charge is 0.399 e. The van der Waals surface area contributed by atoms with E-state index in [2.05, 4.69) is 25.2 Å². The highest BCUT2D eigenvalue weighted by molar-refractivity contribution is 7.10. The molecule has 0 bridgehead atoms. The Morgan fingerprint density at radius 3 is 2.52 bits per heavy atom. The molecule has 0 aliphatic carbocycles. The summed E-state index contributed by atoms with van der Waals surface area (Å²) in [5.41, 5.74) is 7.54. The van der Waals surface area contributed by atoms with Crippen molar-refractivity contribution in [1.29, 1.82) is 0 Å². The van der Waals surface area contributed by atoms with Crippen LogP contribution in [0.15, 0.2) is 41.8 Å². The lowest BCUT2D eigenvalue weighted by Crippen LogP contribution is -2.31. The van der Waals surface area contributed by atoms with Crippen molar-refractivity contribution in [3.8, 4) is 0 Å². The Bertz CT molecular complexity index is 561. The number of benzene rings is 1. The lowest BCUT2D eigenvalue weighted by Gasteiger charge is -2.21. The Morgan fingerprint density at radius 1 is 1.24 bits per heavy atom. The summed E-state index contributed by atoms with van der Waals surface area (Å²) < 4.78 is 0. The first-order valence-electron chi connectivity index (χ1n) is 7.23. The van der Waals surface area contributed by atoms with Gasteiger partial charge in [0.2, 0.25) is 5.91 Å². The fourth-order valence-electron chi connectivity index (χ4n) is 2.22.